The fourth-order valence-electron chi connectivity index (χ4n) is 4.28. The minimum atomic E-state index is -0.125. The van der Waals surface area contributed by atoms with Crippen molar-refractivity contribution in [2.24, 2.45) is 11.8 Å². The van der Waals surface area contributed by atoms with E-state index in [-0.39, 0.29) is 23.3 Å². The SMILES string of the molecule is C=CCn1c(=O)c2ccccc2n2c(SCC(=O)N[C@H]3CCC[C@@H](C)[C@H]3C)nnc12. The molecule has 0 spiro atoms. The first-order valence-electron chi connectivity index (χ1n) is 10.4. The smallest absolute Gasteiger partial charge is 0.263 e. The van der Waals surface area contributed by atoms with Crippen LogP contribution in [0.25, 0.3) is 16.7 Å². The van der Waals surface area contributed by atoms with E-state index in [4.69, 9.17) is 0 Å². The van der Waals surface area contributed by atoms with E-state index in [1.54, 1.807) is 16.7 Å². The average molecular weight is 426 g/mol. The molecule has 1 amide bonds. The molecule has 0 unspecified atom stereocenters. The van der Waals surface area contributed by atoms with Crippen LogP contribution in [-0.4, -0.2) is 36.9 Å². The van der Waals surface area contributed by atoms with Gasteiger partial charge >= 0.3 is 0 Å². The molecular weight excluding hydrogens is 398 g/mol. The standard InChI is InChI=1S/C22H27N5O2S/c1-4-12-26-20(29)16-9-5-6-11-18(16)27-21(26)24-25-22(27)30-13-19(28)23-17-10-7-8-14(2)15(17)3/h4-6,9,11,14-15,17H,1,7-8,10,12-13H2,2-3H3,(H,23,28)/t14-,15-,17+/m1/s1. The highest BCUT2D eigenvalue weighted by Crippen LogP contribution is 2.29. The number of carbonyl (C=O) groups excluding carboxylic acids is 1. The van der Waals surface area contributed by atoms with Gasteiger partial charge in [0.1, 0.15) is 0 Å². The summed E-state index contributed by atoms with van der Waals surface area (Å²) in [6.07, 6.45) is 5.09. The third-order valence-corrected chi connectivity index (χ3v) is 7.10. The van der Waals surface area contributed by atoms with E-state index in [1.165, 1.54) is 18.2 Å². The van der Waals surface area contributed by atoms with Gasteiger partial charge in [0.25, 0.3) is 5.56 Å². The second kappa shape index (κ2) is 8.63. The first-order valence-corrected chi connectivity index (χ1v) is 11.4. The zero-order chi connectivity index (χ0) is 21.3. The summed E-state index contributed by atoms with van der Waals surface area (Å²) in [7, 11) is 0. The van der Waals surface area contributed by atoms with Crippen molar-refractivity contribution in [1.82, 2.24) is 24.5 Å². The lowest BCUT2D eigenvalue weighted by Crippen LogP contribution is -2.44. The van der Waals surface area contributed by atoms with Gasteiger partial charge < -0.3 is 5.32 Å². The van der Waals surface area contributed by atoms with Crippen molar-refractivity contribution in [1.29, 1.82) is 0 Å². The fourth-order valence-corrected chi connectivity index (χ4v) is 5.04. The van der Waals surface area contributed by atoms with E-state index in [0.717, 1.165) is 18.4 Å². The topological polar surface area (TPSA) is 81.3 Å². The maximum absolute atomic E-state index is 12.8. The molecule has 158 valence electrons. The molecule has 0 aliphatic heterocycles. The molecule has 1 aromatic carbocycles. The van der Waals surface area contributed by atoms with Crippen LogP contribution in [0.15, 0.2) is 46.9 Å². The Balaban J connectivity index is 1.60. The van der Waals surface area contributed by atoms with Crippen molar-refractivity contribution in [2.45, 2.75) is 50.9 Å². The molecule has 4 rings (SSSR count). The van der Waals surface area contributed by atoms with Crippen LogP contribution in [0.2, 0.25) is 0 Å². The summed E-state index contributed by atoms with van der Waals surface area (Å²) in [4.78, 5) is 25.5. The van der Waals surface area contributed by atoms with Crippen LogP contribution in [-0.2, 0) is 11.3 Å². The zero-order valence-electron chi connectivity index (χ0n) is 17.4. The number of fused-ring (bicyclic) bond motifs is 3. The average Bonchev–Trinajstić information content (AvgIpc) is 3.17. The number of thioether (sulfide) groups is 1. The van der Waals surface area contributed by atoms with Crippen molar-refractivity contribution < 1.29 is 4.79 Å². The highest BCUT2D eigenvalue weighted by Gasteiger charge is 2.28. The van der Waals surface area contributed by atoms with Crippen LogP contribution in [0.3, 0.4) is 0 Å². The first-order chi connectivity index (χ1) is 14.5. The largest absolute Gasteiger partial charge is 0.352 e. The van der Waals surface area contributed by atoms with Crippen LogP contribution in [0.4, 0.5) is 0 Å². The number of para-hydroxylation sites is 1. The summed E-state index contributed by atoms with van der Waals surface area (Å²) in [5, 5.41) is 12.9. The minimum absolute atomic E-state index is 0.00594. The third kappa shape index (κ3) is 3.76. The van der Waals surface area contributed by atoms with Crippen LogP contribution in [0.5, 0.6) is 0 Å². The summed E-state index contributed by atoms with van der Waals surface area (Å²) in [5.74, 6) is 1.83. The number of aromatic nitrogens is 4. The number of carbonyl (C=O) groups is 1. The molecule has 30 heavy (non-hydrogen) atoms. The van der Waals surface area contributed by atoms with Gasteiger partial charge in [-0.2, -0.15) is 0 Å². The number of hydrogen-bond acceptors (Lipinski definition) is 5. The summed E-state index contributed by atoms with van der Waals surface area (Å²) < 4.78 is 3.40. The van der Waals surface area contributed by atoms with Gasteiger partial charge in [0.15, 0.2) is 5.16 Å². The van der Waals surface area contributed by atoms with Gasteiger partial charge in [0.2, 0.25) is 11.7 Å². The molecule has 0 radical (unpaired) electrons. The van der Waals surface area contributed by atoms with Crippen LogP contribution >= 0.6 is 11.8 Å². The second-order valence-corrected chi connectivity index (χ2v) is 9.01. The van der Waals surface area contributed by atoms with Gasteiger partial charge in [-0.3, -0.25) is 18.6 Å². The summed E-state index contributed by atoms with van der Waals surface area (Å²) in [5.41, 5.74) is 0.612. The molecule has 8 heteroatoms. The number of amides is 1. The van der Waals surface area contributed by atoms with Crippen LogP contribution in [0, 0.1) is 11.8 Å². The lowest BCUT2D eigenvalue weighted by atomic mass is 9.78. The molecule has 1 aliphatic rings. The minimum Gasteiger partial charge on any atom is -0.352 e. The van der Waals surface area contributed by atoms with Crippen molar-refractivity contribution in [3.8, 4) is 0 Å². The lowest BCUT2D eigenvalue weighted by molar-refractivity contribution is -0.120. The molecule has 3 atom stereocenters. The van der Waals surface area contributed by atoms with Gasteiger partial charge in [-0.1, -0.05) is 56.7 Å². The molecule has 1 N–H and O–H groups in total. The molecule has 3 aromatic rings. The lowest BCUT2D eigenvalue weighted by Gasteiger charge is -2.34. The van der Waals surface area contributed by atoms with E-state index >= 15 is 0 Å². The highest BCUT2D eigenvalue weighted by atomic mass is 32.2. The van der Waals surface area contributed by atoms with Gasteiger partial charge in [0.05, 0.1) is 16.7 Å². The summed E-state index contributed by atoms with van der Waals surface area (Å²) >= 11 is 1.34. The first kappa shape index (κ1) is 20.7. The Morgan fingerprint density at radius 3 is 2.90 bits per heavy atom. The summed E-state index contributed by atoms with van der Waals surface area (Å²) in [6.45, 7) is 8.56. The van der Waals surface area contributed by atoms with E-state index in [1.807, 2.05) is 22.6 Å². The van der Waals surface area contributed by atoms with E-state index < -0.39 is 0 Å². The van der Waals surface area contributed by atoms with Crippen molar-refractivity contribution in [3.05, 3.63) is 47.3 Å². The maximum atomic E-state index is 12.8. The molecule has 1 aliphatic carbocycles. The molecule has 0 bridgehead atoms. The van der Waals surface area contributed by atoms with Gasteiger partial charge in [-0.05, 0) is 30.4 Å². The summed E-state index contributed by atoms with van der Waals surface area (Å²) in [6, 6.07) is 7.62. The molecule has 7 nitrogen and oxygen atoms in total. The van der Waals surface area contributed by atoms with E-state index in [0.29, 0.717) is 34.7 Å². The Morgan fingerprint density at radius 2 is 2.10 bits per heavy atom. The van der Waals surface area contributed by atoms with E-state index in [9.17, 15) is 9.59 Å². The Kier molecular flexibility index (Phi) is 5.94. The van der Waals surface area contributed by atoms with E-state index in [2.05, 4.69) is 35.9 Å². The molecule has 1 saturated carbocycles. The Morgan fingerprint density at radius 1 is 1.30 bits per heavy atom. The van der Waals surface area contributed by atoms with Crippen LogP contribution < -0.4 is 10.9 Å². The molecule has 1 fully saturated rings. The number of nitrogens with zero attached hydrogens (tertiary/aromatic N) is 4. The van der Waals surface area contributed by atoms with Gasteiger partial charge in [-0.25, -0.2) is 0 Å². The number of benzene rings is 1. The number of hydrogen-bond donors (Lipinski definition) is 1. The normalized spacial score (nSPS) is 21.7. The maximum Gasteiger partial charge on any atom is 0.263 e. The van der Waals surface area contributed by atoms with Gasteiger partial charge in [0, 0.05) is 12.6 Å². The molecule has 2 aromatic heterocycles. The Bertz CT molecular complexity index is 1150. The molecule has 2 heterocycles. The van der Waals surface area contributed by atoms with Crippen molar-refractivity contribution >= 4 is 34.3 Å². The second-order valence-electron chi connectivity index (χ2n) is 8.07. The predicted octanol–water partition coefficient (Wildman–Crippen LogP) is 3.26. The predicted molar refractivity (Wildman–Crippen MR) is 120 cm³/mol. The Labute approximate surface area is 179 Å². The quantitative estimate of drug-likeness (QED) is 0.484. The fraction of sp³-hybridized carbons (Fsp3) is 0.455. The number of rotatable bonds is 6. The molecule has 0 saturated heterocycles. The van der Waals surface area contributed by atoms with Crippen molar-refractivity contribution in [3.63, 3.8) is 0 Å². The number of nitrogens with one attached hydrogen (secondary N) is 1. The Hall–Kier alpha value is -2.61. The highest BCUT2D eigenvalue weighted by molar-refractivity contribution is 7.99. The van der Waals surface area contributed by atoms with Crippen molar-refractivity contribution in [2.75, 3.05) is 5.75 Å². The zero-order valence-corrected chi connectivity index (χ0v) is 18.2. The van der Waals surface area contributed by atoms with Gasteiger partial charge in [-0.15, -0.1) is 16.8 Å². The number of allylic oxidation sites excluding steroid dienone is 1. The van der Waals surface area contributed by atoms with Crippen LogP contribution in [0.1, 0.15) is 33.1 Å². The monoisotopic (exact) mass is 425 g/mol. The molecular formula is C22H27N5O2S. The third-order valence-electron chi connectivity index (χ3n) is 6.18.